The third kappa shape index (κ3) is 5.13. The van der Waals surface area contributed by atoms with Crippen LogP contribution in [0.25, 0.3) is 11.3 Å². The molecule has 0 saturated heterocycles. The Balaban J connectivity index is 2.36. The monoisotopic (exact) mass is 497 g/mol. The van der Waals surface area contributed by atoms with E-state index in [-0.39, 0.29) is 12.1 Å². The van der Waals surface area contributed by atoms with Crippen LogP contribution in [0, 0.1) is 12.7 Å². The van der Waals surface area contributed by atoms with Gasteiger partial charge in [0, 0.05) is 19.1 Å². The van der Waals surface area contributed by atoms with Crippen LogP contribution in [0.3, 0.4) is 0 Å². The molecule has 0 bridgehead atoms. The first-order chi connectivity index (χ1) is 16.7. The number of pyridine rings is 1. The molecule has 6 nitrogen and oxygen atoms in total. The van der Waals surface area contributed by atoms with E-state index in [4.69, 9.17) is 9.51 Å². The number of carboxylic acids is 1. The molecule has 0 aliphatic heterocycles. The van der Waals surface area contributed by atoms with E-state index in [1.807, 2.05) is 37.3 Å². The van der Waals surface area contributed by atoms with Gasteiger partial charge in [-0.25, -0.2) is 9.37 Å². The highest BCUT2D eigenvalue weighted by Gasteiger charge is 2.61. The average Bonchev–Trinajstić information content (AvgIpc) is 2.86. The first-order valence-electron chi connectivity index (χ1n) is 11.2. The molecule has 2 aromatic carbocycles. The van der Waals surface area contributed by atoms with Crippen molar-refractivity contribution < 1.29 is 28.5 Å². The Morgan fingerprint density at radius 3 is 2.34 bits per heavy atom. The van der Waals surface area contributed by atoms with E-state index in [9.17, 15) is 24.0 Å². The maximum Gasteiger partial charge on any atom is 0.326 e. The minimum atomic E-state index is -3.42. The van der Waals surface area contributed by atoms with E-state index in [0.717, 1.165) is 18.2 Å². The molecule has 0 aliphatic rings. The summed E-state index contributed by atoms with van der Waals surface area (Å²) in [5.74, 6) is -1.99. The fourth-order valence-electron chi connectivity index (χ4n) is 4.14. The topological polar surface area (TPSA) is 96.7 Å². The van der Waals surface area contributed by atoms with Gasteiger partial charge in [-0.05, 0) is 42.7 Å². The third-order valence-corrected chi connectivity index (χ3v) is 7.85. The second kappa shape index (κ2) is 11.1. The second-order valence-electron chi connectivity index (χ2n) is 8.31. The zero-order chi connectivity index (χ0) is 25.6. The van der Waals surface area contributed by atoms with E-state index in [1.165, 1.54) is 42.5 Å². The van der Waals surface area contributed by atoms with Crippen LogP contribution in [0.1, 0.15) is 30.2 Å². The van der Waals surface area contributed by atoms with Gasteiger partial charge < -0.3 is 14.7 Å². The van der Waals surface area contributed by atoms with Crippen LogP contribution < -0.4 is 0 Å². The standard InChI is InChI=1S/C27H29FNO5P/c1-4-5-17-27(25(30)31,35(33)34-3)26(32,18-20-12-14-22(28)15-13-20)23-16-11-19(2)24(29-23)21-9-7-6-8-10-21/h5-17,32,35H,4,18H2,1-3H3,(H,30,31). The highest BCUT2D eigenvalue weighted by molar-refractivity contribution is 7.43. The molecule has 184 valence electrons. The normalized spacial score (nSPS) is 15.9. The van der Waals surface area contributed by atoms with Crippen molar-refractivity contribution in [1.82, 2.24) is 4.98 Å². The molecule has 0 fully saturated rings. The summed E-state index contributed by atoms with van der Waals surface area (Å²) in [6.07, 6.45) is 2.93. The van der Waals surface area contributed by atoms with Gasteiger partial charge in [-0.1, -0.05) is 67.6 Å². The Morgan fingerprint density at radius 1 is 1.11 bits per heavy atom. The molecule has 3 aromatic rings. The largest absolute Gasteiger partial charge is 0.480 e. The molecule has 8 heteroatoms. The predicted molar refractivity (Wildman–Crippen MR) is 134 cm³/mol. The molecule has 35 heavy (non-hydrogen) atoms. The van der Waals surface area contributed by atoms with E-state index in [0.29, 0.717) is 17.7 Å². The van der Waals surface area contributed by atoms with Gasteiger partial charge in [0.15, 0.2) is 5.16 Å². The van der Waals surface area contributed by atoms with Crippen LogP contribution in [-0.4, -0.2) is 33.4 Å². The molecule has 0 saturated carbocycles. The molecule has 3 unspecified atom stereocenters. The Hall–Kier alpha value is -3.12. The van der Waals surface area contributed by atoms with Gasteiger partial charge in [0.1, 0.15) is 11.4 Å². The van der Waals surface area contributed by atoms with Crippen LogP contribution in [0.5, 0.6) is 0 Å². The van der Waals surface area contributed by atoms with Crippen molar-refractivity contribution in [3.63, 3.8) is 0 Å². The summed E-state index contributed by atoms with van der Waals surface area (Å²) in [6, 6.07) is 17.9. The van der Waals surface area contributed by atoms with Crippen molar-refractivity contribution in [2.45, 2.75) is 37.4 Å². The zero-order valence-electron chi connectivity index (χ0n) is 19.9. The summed E-state index contributed by atoms with van der Waals surface area (Å²) in [6.45, 7) is 3.65. The maximum absolute atomic E-state index is 13.6. The number of benzene rings is 2. The van der Waals surface area contributed by atoms with Crippen LogP contribution in [0.4, 0.5) is 4.39 Å². The lowest BCUT2D eigenvalue weighted by Crippen LogP contribution is -2.55. The summed E-state index contributed by atoms with van der Waals surface area (Å²) in [4.78, 5) is 17.6. The second-order valence-corrected chi connectivity index (χ2v) is 10.1. The molecule has 3 atom stereocenters. The Labute approximate surface area is 205 Å². The number of carboxylic acid groups (broad SMARTS) is 1. The number of halogens is 1. The summed E-state index contributed by atoms with van der Waals surface area (Å²) in [7, 11) is -2.27. The van der Waals surface area contributed by atoms with Crippen molar-refractivity contribution in [1.29, 1.82) is 0 Å². The number of aliphatic hydroxyl groups is 1. The van der Waals surface area contributed by atoms with Gasteiger partial charge in [-0.3, -0.25) is 9.36 Å². The SMILES string of the molecule is CCC=CC(C(=O)O)([PH](=O)OC)C(O)(Cc1ccc(F)cc1)c1ccc(C)c(-c2ccccc2)n1. The van der Waals surface area contributed by atoms with Crippen LogP contribution in [0.2, 0.25) is 0 Å². The van der Waals surface area contributed by atoms with E-state index in [2.05, 4.69) is 0 Å². The molecule has 0 spiro atoms. The zero-order valence-corrected chi connectivity index (χ0v) is 20.9. The highest BCUT2D eigenvalue weighted by atomic mass is 31.1. The van der Waals surface area contributed by atoms with Crippen LogP contribution in [-0.2, 0) is 25.9 Å². The van der Waals surface area contributed by atoms with E-state index in [1.54, 1.807) is 13.0 Å². The van der Waals surface area contributed by atoms with Crippen LogP contribution in [0.15, 0.2) is 78.9 Å². The highest BCUT2D eigenvalue weighted by Crippen LogP contribution is 2.54. The molecule has 0 amide bonds. The van der Waals surface area contributed by atoms with Gasteiger partial charge in [0.25, 0.3) is 0 Å². The maximum atomic E-state index is 13.6. The first-order valence-corrected chi connectivity index (χ1v) is 12.5. The lowest BCUT2D eigenvalue weighted by molar-refractivity contribution is -0.147. The van der Waals surface area contributed by atoms with Crippen molar-refractivity contribution in [2.75, 3.05) is 7.11 Å². The smallest absolute Gasteiger partial charge is 0.326 e. The molecule has 1 heterocycles. The van der Waals surface area contributed by atoms with Crippen LogP contribution >= 0.6 is 8.03 Å². The van der Waals surface area contributed by atoms with Crippen molar-refractivity contribution in [2.24, 2.45) is 0 Å². The summed E-state index contributed by atoms with van der Waals surface area (Å²) < 4.78 is 32.0. The minimum absolute atomic E-state index is 0.0184. The Morgan fingerprint density at radius 2 is 1.77 bits per heavy atom. The number of allylic oxidation sites excluding steroid dienone is 1. The molecule has 3 rings (SSSR count). The lowest BCUT2D eigenvalue weighted by atomic mass is 9.77. The van der Waals surface area contributed by atoms with Crippen molar-refractivity contribution in [3.05, 3.63) is 102 Å². The fourth-order valence-corrected chi connectivity index (χ4v) is 5.45. The summed E-state index contributed by atoms with van der Waals surface area (Å²) in [5.41, 5.74) is 0.306. The quantitative estimate of drug-likeness (QED) is 0.282. The fraction of sp³-hybridized carbons (Fsp3) is 0.259. The molecule has 1 aromatic heterocycles. The number of aliphatic carboxylic acids is 1. The number of aryl methyl sites for hydroxylation is 1. The summed E-state index contributed by atoms with van der Waals surface area (Å²) in [5, 5.41) is 20.5. The number of rotatable bonds is 10. The van der Waals surface area contributed by atoms with Gasteiger partial charge in [0.05, 0.1) is 11.4 Å². The molecule has 0 radical (unpaired) electrons. The number of nitrogens with zero attached hydrogens (tertiary/aromatic N) is 1. The van der Waals surface area contributed by atoms with Crippen molar-refractivity contribution in [3.8, 4) is 11.3 Å². The van der Waals surface area contributed by atoms with Gasteiger partial charge in [-0.2, -0.15) is 0 Å². The molecular formula is C27H29FNO5P. The lowest BCUT2D eigenvalue weighted by Gasteiger charge is -2.41. The van der Waals surface area contributed by atoms with Crippen molar-refractivity contribution >= 4 is 14.0 Å². The van der Waals surface area contributed by atoms with Gasteiger partial charge in [-0.15, -0.1) is 0 Å². The van der Waals surface area contributed by atoms with Gasteiger partial charge >= 0.3 is 5.97 Å². The first kappa shape index (κ1) is 26.5. The number of hydrogen-bond acceptors (Lipinski definition) is 5. The predicted octanol–water partition coefficient (Wildman–Crippen LogP) is 5.54. The van der Waals surface area contributed by atoms with Gasteiger partial charge in [0.2, 0.25) is 8.03 Å². The summed E-state index contributed by atoms with van der Waals surface area (Å²) >= 11 is 0. The molecule has 2 N–H and O–H groups in total. The average molecular weight is 498 g/mol. The Bertz CT molecular complexity index is 1230. The number of carbonyl (C=O) groups is 1. The molecule has 0 aliphatic carbocycles. The Kier molecular flexibility index (Phi) is 8.39. The van der Waals surface area contributed by atoms with E-state index >= 15 is 0 Å². The minimum Gasteiger partial charge on any atom is -0.480 e. The number of aromatic nitrogens is 1. The number of hydrogen-bond donors (Lipinski definition) is 2. The molecular weight excluding hydrogens is 468 g/mol. The van der Waals surface area contributed by atoms with E-state index < -0.39 is 30.6 Å². The third-order valence-electron chi connectivity index (χ3n) is 6.04.